The Labute approximate surface area is 138 Å². The second-order valence-electron chi connectivity index (χ2n) is 5.50. The number of amides is 3. The van der Waals surface area contributed by atoms with Gasteiger partial charge in [0, 0.05) is 6.07 Å². The maximum Gasteiger partial charge on any atom is 0.323 e. The molecule has 0 spiro atoms. The van der Waals surface area contributed by atoms with Gasteiger partial charge in [0.25, 0.3) is 5.91 Å². The number of benzene rings is 1. The van der Waals surface area contributed by atoms with E-state index in [1.807, 2.05) is 0 Å². The zero-order chi connectivity index (χ0) is 17.9. The number of aryl methyl sites for hydroxylation is 1. The number of hydrogen-bond acceptors (Lipinski definition) is 4. The molecule has 24 heavy (non-hydrogen) atoms. The van der Waals surface area contributed by atoms with Crippen molar-refractivity contribution in [3.8, 4) is 5.75 Å². The number of rotatable bonds is 5. The van der Waals surface area contributed by atoms with Crippen LogP contribution >= 0.6 is 0 Å². The maximum atomic E-state index is 13.3. The average Bonchev–Trinajstić information content (AvgIpc) is 2.47. The molecule has 0 saturated heterocycles. The summed E-state index contributed by atoms with van der Waals surface area (Å²) in [5.41, 5.74) is 6.60. The number of hydrogen-bond donors (Lipinski definition) is 4. The Hall–Kier alpha value is -3.03. The van der Waals surface area contributed by atoms with Gasteiger partial charge in [0.2, 0.25) is 0 Å². The van der Waals surface area contributed by atoms with E-state index >= 15 is 0 Å². The molecule has 1 aromatic rings. The molecule has 3 amide bonds. The van der Waals surface area contributed by atoms with E-state index in [4.69, 9.17) is 10.5 Å². The van der Waals surface area contributed by atoms with Crippen molar-refractivity contribution in [2.24, 2.45) is 5.73 Å². The summed E-state index contributed by atoms with van der Waals surface area (Å²) in [7, 11) is 0. The summed E-state index contributed by atoms with van der Waals surface area (Å²) in [6.45, 7) is 7.13. The molecule has 0 saturated carbocycles. The Kier molecular flexibility index (Phi) is 5.08. The van der Waals surface area contributed by atoms with Crippen LogP contribution in [0.5, 0.6) is 5.75 Å². The van der Waals surface area contributed by atoms with Crippen molar-refractivity contribution in [3.05, 3.63) is 53.2 Å². The highest BCUT2D eigenvalue weighted by atomic mass is 19.1. The number of halogens is 1. The highest BCUT2D eigenvalue weighted by Crippen LogP contribution is 2.16. The molecule has 0 aliphatic carbocycles. The molecule has 0 aromatic heterocycles. The molecule has 128 valence electrons. The minimum absolute atomic E-state index is 0.0565. The lowest BCUT2D eigenvalue weighted by Gasteiger charge is -2.22. The second kappa shape index (κ2) is 7.03. The first kappa shape index (κ1) is 17.3. The average molecular weight is 334 g/mol. The molecule has 1 aromatic carbocycles. The molecular weight excluding hydrogens is 315 g/mol. The lowest BCUT2D eigenvalue weighted by molar-refractivity contribution is -0.118. The third-order valence-corrected chi connectivity index (χ3v) is 3.22. The van der Waals surface area contributed by atoms with Gasteiger partial charge in [-0.15, -0.1) is 0 Å². The van der Waals surface area contributed by atoms with Gasteiger partial charge in [0.15, 0.2) is 0 Å². The molecule has 0 unspecified atom stereocenters. The minimum atomic E-state index is -0.585. The predicted molar refractivity (Wildman–Crippen MR) is 86.3 cm³/mol. The van der Waals surface area contributed by atoms with Gasteiger partial charge >= 0.3 is 6.03 Å². The van der Waals surface area contributed by atoms with E-state index in [2.05, 4.69) is 22.5 Å². The van der Waals surface area contributed by atoms with Crippen LogP contribution in [0.3, 0.4) is 0 Å². The van der Waals surface area contributed by atoms with Gasteiger partial charge in [-0.05, 0) is 31.5 Å². The Morgan fingerprint density at radius 2 is 2.12 bits per heavy atom. The Bertz CT molecular complexity index is 710. The molecule has 1 atom stereocenters. The standard InChI is InChI=1S/C16H19FN4O3/c1-8-4-11(17)6-12(5-8)24-7-9(2)19-15(22)14-13(18)10(3)20-16(23)21-14/h4-6,9H,3,7,18H2,1-2H3,(H,19,22)(H2,20,21,23)/t9-/m1/s1. The first-order chi connectivity index (χ1) is 11.3. The number of urea groups is 1. The van der Waals surface area contributed by atoms with Crippen LogP contribution in [-0.2, 0) is 4.79 Å². The zero-order valence-electron chi connectivity index (χ0n) is 13.4. The van der Waals surface area contributed by atoms with Crippen molar-refractivity contribution in [3.63, 3.8) is 0 Å². The van der Waals surface area contributed by atoms with Crippen LogP contribution < -0.4 is 26.4 Å². The maximum absolute atomic E-state index is 13.3. The van der Waals surface area contributed by atoms with Crippen LogP contribution in [0, 0.1) is 12.7 Å². The van der Waals surface area contributed by atoms with Crippen molar-refractivity contribution in [2.75, 3.05) is 6.61 Å². The molecule has 5 N–H and O–H groups in total. The molecule has 0 radical (unpaired) electrons. The third kappa shape index (κ3) is 4.25. The van der Waals surface area contributed by atoms with Crippen LogP contribution in [0.25, 0.3) is 0 Å². The predicted octanol–water partition coefficient (Wildman–Crippen LogP) is 1.01. The van der Waals surface area contributed by atoms with Gasteiger partial charge in [-0.3, -0.25) is 4.79 Å². The number of carbonyl (C=O) groups excluding carboxylic acids is 2. The SMILES string of the molecule is C=C1NC(=O)NC(C(=O)N[C@H](C)COc2cc(C)cc(F)c2)=C1N. The van der Waals surface area contributed by atoms with E-state index in [0.29, 0.717) is 5.75 Å². The fourth-order valence-electron chi connectivity index (χ4n) is 2.09. The van der Waals surface area contributed by atoms with E-state index < -0.39 is 23.8 Å². The van der Waals surface area contributed by atoms with Crippen LogP contribution in [-0.4, -0.2) is 24.6 Å². The molecule has 1 aliphatic rings. The summed E-state index contributed by atoms with van der Waals surface area (Å²) in [5.74, 6) is -0.582. The molecule has 8 heteroatoms. The number of carbonyl (C=O) groups is 2. The van der Waals surface area contributed by atoms with Crippen molar-refractivity contribution in [1.29, 1.82) is 0 Å². The Morgan fingerprint density at radius 1 is 1.42 bits per heavy atom. The molecule has 2 rings (SSSR count). The van der Waals surface area contributed by atoms with Gasteiger partial charge in [-0.25, -0.2) is 9.18 Å². The highest BCUT2D eigenvalue weighted by Gasteiger charge is 2.24. The van der Waals surface area contributed by atoms with Crippen molar-refractivity contribution in [2.45, 2.75) is 19.9 Å². The summed E-state index contributed by atoms with van der Waals surface area (Å²) in [4.78, 5) is 23.6. The first-order valence-electron chi connectivity index (χ1n) is 7.24. The summed E-state index contributed by atoms with van der Waals surface area (Å²) in [6.07, 6.45) is 0. The second-order valence-corrected chi connectivity index (χ2v) is 5.50. The van der Waals surface area contributed by atoms with Gasteiger partial charge in [0.05, 0.1) is 17.4 Å². The fourth-order valence-corrected chi connectivity index (χ4v) is 2.09. The largest absolute Gasteiger partial charge is 0.491 e. The van der Waals surface area contributed by atoms with Crippen LogP contribution in [0.15, 0.2) is 41.9 Å². The summed E-state index contributed by atoms with van der Waals surface area (Å²) < 4.78 is 18.8. The smallest absolute Gasteiger partial charge is 0.323 e. The molecule has 1 heterocycles. The van der Waals surface area contributed by atoms with Crippen molar-refractivity contribution >= 4 is 11.9 Å². The number of ether oxygens (including phenoxy) is 1. The Morgan fingerprint density at radius 3 is 2.79 bits per heavy atom. The lowest BCUT2D eigenvalue weighted by Crippen LogP contribution is -2.49. The Balaban J connectivity index is 1.95. The molecule has 0 fully saturated rings. The topological polar surface area (TPSA) is 105 Å². The molecule has 1 aliphatic heterocycles. The van der Waals surface area contributed by atoms with E-state index in [-0.39, 0.29) is 23.7 Å². The van der Waals surface area contributed by atoms with Gasteiger partial charge in [-0.1, -0.05) is 6.58 Å². The molecular formula is C16H19FN4O3. The van der Waals surface area contributed by atoms with Crippen LogP contribution in [0.4, 0.5) is 9.18 Å². The fraction of sp³-hybridized carbons (Fsp3) is 0.250. The number of nitrogens with two attached hydrogens (primary N) is 1. The van der Waals surface area contributed by atoms with Crippen LogP contribution in [0.1, 0.15) is 12.5 Å². The quantitative estimate of drug-likeness (QED) is 0.645. The zero-order valence-corrected chi connectivity index (χ0v) is 13.4. The van der Waals surface area contributed by atoms with E-state index in [1.165, 1.54) is 12.1 Å². The number of nitrogens with one attached hydrogen (secondary N) is 3. The monoisotopic (exact) mass is 334 g/mol. The van der Waals surface area contributed by atoms with Gasteiger partial charge in [-0.2, -0.15) is 0 Å². The highest BCUT2D eigenvalue weighted by molar-refractivity contribution is 6.00. The summed E-state index contributed by atoms with van der Waals surface area (Å²) >= 11 is 0. The van der Waals surface area contributed by atoms with E-state index in [0.717, 1.165) is 5.56 Å². The molecule has 0 bridgehead atoms. The summed E-state index contributed by atoms with van der Waals surface area (Å²) in [6, 6.07) is 3.36. The van der Waals surface area contributed by atoms with Gasteiger partial charge < -0.3 is 26.4 Å². The third-order valence-electron chi connectivity index (χ3n) is 3.22. The first-order valence-corrected chi connectivity index (χ1v) is 7.24. The van der Waals surface area contributed by atoms with E-state index in [9.17, 15) is 14.0 Å². The summed E-state index contributed by atoms with van der Waals surface area (Å²) in [5, 5.41) is 7.33. The van der Waals surface area contributed by atoms with E-state index in [1.54, 1.807) is 19.9 Å². The molecule has 7 nitrogen and oxygen atoms in total. The van der Waals surface area contributed by atoms with Gasteiger partial charge in [0.1, 0.15) is 23.9 Å². The lowest BCUT2D eigenvalue weighted by atomic mass is 10.2. The van der Waals surface area contributed by atoms with Crippen LogP contribution in [0.2, 0.25) is 0 Å². The van der Waals surface area contributed by atoms with Crippen molar-refractivity contribution < 1.29 is 18.7 Å². The van der Waals surface area contributed by atoms with Crippen molar-refractivity contribution in [1.82, 2.24) is 16.0 Å². The minimum Gasteiger partial charge on any atom is -0.491 e. The normalized spacial score (nSPS) is 15.5.